The van der Waals surface area contributed by atoms with E-state index in [2.05, 4.69) is 11.4 Å². The van der Waals surface area contributed by atoms with E-state index in [0.29, 0.717) is 18.7 Å². The van der Waals surface area contributed by atoms with Gasteiger partial charge in [-0.3, -0.25) is 4.79 Å². The predicted molar refractivity (Wildman–Crippen MR) is 87.4 cm³/mol. The number of rotatable bonds is 7. The fourth-order valence-electron chi connectivity index (χ4n) is 2.75. The summed E-state index contributed by atoms with van der Waals surface area (Å²) in [6, 6.07) is 5.51. The zero-order valence-corrected chi connectivity index (χ0v) is 13.5. The van der Waals surface area contributed by atoms with Crippen LogP contribution in [0.5, 0.6) is 11.5 Å². The number of benzene rings is 1. The molecule has 0 fully saturated rings. The van der Waals surface area contributed by atoms with Gasteiger partial charge in [0.05, 0.1) is 20.6 Å². The molecule has 2 rings (SSSR count). The minimum atomic E-state index is 0.0166. The Labute approximate surface area is 132 Å². The third kappa shape index (κ3) is 4.79. The molecule has 0 unspecified atom stereocenters. The Morgan fingerprint density at radius 1 is 1.23 bits per heavy atom. The lowest BCUT2D eigenvalue weighted by Crippen LogP contribution is -2.26. The summed E-state index contributed by atoms with van der Waals surface area (Å²) in [6.45, 7) is 0.705. The molecule has 0 saturated carbocycles. The fraction of sp³-hybridized carbons (Fsp3) is 0.500. The molecule has 0 bridgehead atoms. The van der Waals surface area contributed by atoms with Crippen LogP contribution < -0.4 is 14.8 Å². The van der Waals surface area contributed by atoms with Crippen LogP contribution in [-0.4, -0.2) is 26.7 Å². The molecule has 1 aromatic carbocycles. The number of carbonyl (C=O) groups is 1. The van der Waals surface area contributed by atoms with Crippen LogP contribution in [0.3, 0.4) is 0 Å². The standard InChI is InChI=1S/C18H25NO3/c1-21-16-8-9-17(22-2)15(12-16)13-18(20)19-11-10-14-6-4-3-5-7-14/h6,8-9,12H,3-5,7,10-11,13H2,1-2H3,(H,19,20). The van der Waals surface area contributed by atoms with E-state index in [1.807, 2.05) is 18.2 Å². The van der Waals surface area contributed by atoms with E-state index in [1.54, 1.807) is 14.2 Å². The summed E-state index contributed by atoms with van der Waals surface area (Å²) >= 11 is 0. The average Bonchev–Trinajstić information content (AvgIpc) is 2.55. The zero-order chi connectivity index (χ0) is 15.8. The Morgan fingerprint density at radius 2 is 2.09 bits per heavy atom. The monoisotopic (exact) mass is 303 g/mol. The van der Waals surface area contributed by atoms with Crippen molar-refractivity contribution in [2.75, 3.05) is 20.8 Å². The molecule has 22 heavy (non-hydrogen) atoms. The Hall–Kier alpha value is -1.97. The second kappa shape index (κ2) is 8.47. The summed E-state index contributed by atoms with van der Waals surface area (Å²) in [6.07, 6.45) is 8.53. The minimum absolute atomic E-state index is 0.0166. The summed E-state index contributed by atoms with van der Waals surface area (Å²) in [5, 5.41) is 2.99. The summed E-state index contributed by atoms with van der Waals surface area (Å²) < 4.78 is 10.5. The number of carbonyl (C=O) groups excluding carboxylic acids is 1. The molecule has 1 aliphatic carbocycles. The minimum Gasteiger partial charge on any atom is -0.497 e. The second-order valence-corrected chi connectivity index (χ2v) is 5.56. The number of amides is 1. The molecule has 0 spiro atoms. The van der Waals surface area contributed by atoms with Gasteiger partial charge in [-0.25, -0.2) is 0 Å². The number of ether oxygens (including phenoxy) is 2. The summed E-state index contributed by atoms with van der Waals surface area (Å²) in [5.74, 6) is 1.46. The fourth-order valence-corrected chi connectivity index (χ4v) is 2.75. The maximum atomic E-state index is 12.1. The highest BCUT2D eigenvalue weighted by Gasteiger charge is 2.10. The van der Waals surface area contributed by atoms with Gasteiger partial charge in [0.15, 0.2) is 0 Å². The van der Waals surface area contributed by atoms with Crippen molar-refractivity contribution in [3.05, 3.63) is 35.4 Å². The van der Waals surface area contributed by atoms with Crippen LogP contribution in [0.4, 0.5) is 0 Å². The van der Waals surface area contributed by atoms with Gasteiger partial charge in [-0.2, -0.15) is 0 Å². The lowest BCUT2D eigenvalue weighted by molar-refractivity contribution is -0.120. The van der Waals surface area contributed by atoms with E-state index < -0.39 is 0 Å². The molecule has 1 amide bonds. The van der Waals surface area contributed by atoms with Crippen LogP contribution in [0.2, 0.25) is 0 Å². The van der Waals surface area contributed by atoms with E-state index in [-0.39, 0.29) is 5.91 Å². The molecule has 0 atom stereocenters. The lowest BCUT2D eigenvalue weighted by atomic mass is 9.97. The van der Waals surface area contributed by atoms with Crippen LogP contribution in [0.25, 0.3) is 0 Å². The average molecular weight is 303 g/mol. The summed E-state index contributed by atoms with van der Waals surface area (Å²) in [5.41, 5.74) is 2.32. The smallest absolute Gasteiger partial charge is 0.224 e. The van der Waals surface area contributed by atoms with Crippen molar-refractivity contribution < 1.29 is 14.3 Å². The number of hydrogen-bond acceptors (Lipinski definition) is 3. The van der Waals surface area contributed by atoms with Gasteiger partial charge >= 0.3 is 0 Å². The molecule has 0 saturated heterocycles. The number of hydrogen-bond donors (Lipinski definition) is 1. The van der Waals surface area contributed by atoms with Crippen LogP contribution in [0.15, 0.2) is 29.8 Å². The van der Waals surface area contributed by atoms with Crippen LogP contribution in [-0.2, 0) is 11.2 Å². The molecule has 0 heterocycles. The molecule has 0 aromatic heterocycles. The normalized spacial score (nSPS) is 14.2. The van der Waals surface area contributed by atoms with Crippen LogP contribution in [0.1, 0.15) is 37.7 Å². The van der Waals surface area contributed by atoms with Crippen molar-refractivity contribution in [3.63, 3.8) is 0 Å². The first-order valence-electron chi connectivity index (χ1n) is 7.88. The summed E-state index contributed by atoms with van der Waals surface area (Å²) in [4.78, 5) is 12.1. The highest BCUT2D eigenvalue weighted by molar-refractivity contribution is 5.79. The van der Waals surface area contributed by atoms with E-state index in [1.165, 1.54) is 31.3 Å². The molecule has 0 radical (unpaired) electrons. The third-order valence-corrected chi connectivity index (χ3v) is 3.99. The molecule has 4 nitrogen and oxygen atoms in total. The number of allylic oxidation sites excluding steroid dienone is 1. The SMILES string of the molecule is COc1ccc(OC)c(CC(=O)NCCC2=CCCCC2)c1. The maximum Gasteiger partial charge on any atom is 0.224 e. The van der Waals surface area contributed by atoms with Gasteiger partial charge in [0.25, 0.3) is 0 Å². The highest BCUT2D eigenvalue weighted by Crippen LogP contribution is 2.24. The Bertz CT molecular complexity index is 537. The number of nitrogens with one attached hydrogen (secondary N) is 1. The van der Waals surface area contributed by atoms with Crippen molar-refractivity contribution in [1.29, 1.82) is 0 Å². The topological polar surface area (TPSA) is 47.6 Å². The molecule has 0 aliphatic heterocycles. The zero-order valence-electron chi connectivity index (χ0n) is 13.5. The van der Waals surface area contributed by atoms with E-state index in [4.69, 9.17) is 9.47 Å². The van der Waals surface area contributed by atoms with Gasteiger partial charge in [0, 0.05) is 12.1 Å². The molecular formula is C18H25NO3. The van der Waals surface area contributed by atoms with Gasteiger partial charge in [-0.15, -0.1) is 0 Å². The molecular weight excluding hydrogens is 278 g/mol. The van der Waals surface area contributed by atoms with Gasteiger partial charge in [0.2, 0.25) is 5.91 Å². The lowest BCUT2D eigenvalue weighted by Gasteiger charge is -2.13. The van der Waals surface area contributed by atoms with Crippen molar-refractivity contribution >= 4 is 5.91 Å². The van der Waals surface area contributed by atoms with Crippen LogP contribution in [0, 0.1) is 0 Å². The van der Waals surface area contributed by atoms with Crippen molar-refractivity contribution in [2.24, 2.45) is 0 Å². The Balaban J connectivity index is 1.84. The number of methoxy groups -OCH3 is 2. The van der Waals surface area contributed by atoms with Gasteiger partial charge in [-0.05, 0) is 50.3 Å². The van der Waals surface area contributed by atoms with E-state index in [0.717, 1.165) is 17.7 Å². The second-order valence-electron chi connectivity index (χ2n) is 5.56. The van der Waals surface area contributed by atoms with Crippen molar-refractivity contribution in [1.82, 2.24) is 5.32 Å². The van der Waals surface area contributed by atoms with Gasteiger partial charge in [-0.1, -0.05) is 11.6 Å². The summed E-state index contributed by atoms with van der Waals surface area (Å²) in [7, 11) is 3.22. The van der Waals surface area contributed by atoms with Crippen molar-refractivity contribution in [3.8, 4) is 11.5 Å². The van der Waals surface area contributed by atoms with Gasteiger partial charge < -0.3 is 14.8 Å². The predicted octanol–water partition coefficient (Wildman–Crippen LogP) is 3.25. The third-order valence-electron chi connectivity index (χ3n) is 3.99. The van der Waals surface area contributed by atoms with E-state index >= 15 is 0 Å². The maximum absolute atomic E-state index is 12.1. The highest BCUT2D eigenvalue weighted by atomic mass is 16.5. The largest absolute Gasteiger partial charge is 0.497 e. The van der Waals surface area contributed by atoms with Gasteiger partial charge in [0.1, 0.15) is 11.5 Å². The van der Waals surface area contributed by atoms with Crippen LogP contribution >= 0.6 is 0 Å². The first kappa shape index (κ1) is 16.4. The first-order valence-corrected chi connectivity index (χ1v) is 7.88. The molecule has 1 aliphatic rings. The Morgan fingerprint density at radius 3 is 2.77 bits per heavy atom. The first-order chi connectivity index (χ1) is 10.7. The van der Waals surface area contributed by atoms with Crippen molar-refractivity contribution in [2.45, 2.75) is 38.5 Å². The molecule has 1 N–H and O–H groups in total. The van der Waals surface area contributed by atoms with E-state index in [9.17, 15) is 4.79 Å². The molecule has 4 heteroatoms. The quantitative estimate of drug-likeness (QED) is 0.787. The molecule has 120 valence electrons. The molecule has 1 aromatic rings. The Kier molecular flexibility index (Phi) is 6.31.